The second-order valence-electron chi connectivity index (χ2n) is 5.69. The number of ether oxygens (including phenoxy) is 1. The van der Waals surface area contributed by atoms with Gasteiger partial charge < -0.3 is 10.5 Å². The Morgan fingerprint density at radius 3 is 2.42 bits per heavy atom. The summed E-state index contributed by atoms with van der Waals surface area (Å²) in [5.74, 6) is -0.378. The van der Waals surface area contributed by atoms with E-state index >= 15 is 0 Å². The van der Waals surface area contributed by atoms with Crippen LogP contribution in [0.15, 0.2) is 23.1 Å². The van der Waals surface area contributed by atoms with E-state index in [-0.39, 0.29) is 46.4 Å². The predicted molar refractivity (Wildman–Crippen MR) is 97.3 cm³/mol. The molecule has 1 atom stereocenters. The van der Waals surface area contributed by atoms with Crippen LogP contribution in [0.3, 0.4) is 0 Å². The van der Waals surface area contributed by atoms with Gasteiger partial charge in [-0.2, -0.15) is 0 Å². The van der Waals surface area contributed by atoms with E-state index in [1.807, 2.05) is 13.8 Å². The zero-order chi connectivity index (χ0) is 17.8. The summed E-state index contributed by atoms with van der Waals surface area (Å²) in [7, 11) is -1.07. The van der Waals surface area contributed by atoms with Crippen LogP contribution in [0.1, 0.15) is 30.6 Å². The van der Waals surface area contributed by atoms with Crippen molar-refractivity contribution in [1.29, 1.82) is 0 Å². The molecule has 0 aliphatic rings. The number of benzene rings is 1. The Morgan fingerprint density at radius 1 is 1.33 bits per heavy atom. The topological polar surface area (TPSA) is 89.7 Å². The molecular formula is C15H24Cl2N2O4S. The third-order valence-corrected chi connectivity index (χ3v) is 5.69. The second-order valence-corrected chi connectivity index (χ2v) is 8.17. The maximum Gasteiger partial charge on any atom is 0.337 e. The number of carbonyl (C=O) groups excluding carboxylic acids is 1. The van der Waals surface area contributed by atoms with Crippen LogP contribution in [-0.4, -0.2) is 45.4 Å². The van der Waals surface area contributed by atoms with Crippen molar-refractivity contribution < 1.29 is 17.9 Å². The van der Waals surface area contributed by atoms with Crippen molar-refractivity contribution in [2.75, 3.05) is 20.7 Å². The lowest BCUT2D eigenvalue weighted by atomic mass is 10.0. The average Bonchev–Trinajstić information content (AvgIpc) is 2.50. The van der Waals surface area contributed by atoms with E-state index in [9.17, 15) is 13.2 Å². The summed E-state index contributed by atoms with van der Waals surface area (Å²) in [5, 5.41) is 0.152. The van der Waals surface area contributed by atoms with E-state index in [4.69, 9.17) is 17.3 Å². The highest BCUT2D eigenvalue weighted by molar-refractivity contribution is 7.89. The van der Waals surface area contributed by atoms with Crippen LogP contribution in [0.25, 0.3) is 0 Å². The van der Waals surface area contributed by atoms with E-state index in [0.717, 1.165) is 0 Å². The molecule has 0 saturated carbocycles. The molecule has 0 spiro atoms. The molecule has 0 bridgehead atoms. The van der Waals surface area contributed by atoms with Gasteiger partial charge in [-0.1, -0.05) is 25.4 Å². The first kappa shape index (κ1) is 23.1. The third kappa shape index (κ3) is 5.89. The summed E-state index contributed by atoms with van der Waals surface area (Å²) in [6.07, 6.45) is 0.540. The van der Waals surface area contributed by atoms with E-state index in [2.05, 4.69) is 4.74 Å². The maximum atomic E-state index is 12.6. The summed E-state index contributed by atoms with van der Waals surface area (Å²) < 4.78 is 31.0. The number of nitrogens with zero attached hydrogens (tertiary/aromatic N) is 1. The minimum absolute atomic E-state index is 0. The fraction of sp³-hybridized carbons (Fsp3) is 0.533. The van der Waals surface area contributed by atoms with Crippen LogP contribution in [0.2, 0.25) is 5.02 Å². The molecule has 0 fully saturated rings. The van der Waals surface area contributed by atoms with E-state index in [1.165, 1.54) is 36.7 Å². The molecular weight excluding hydrogens is 375 g/mol. The Kier molecular flexibility index (Phi) is 9.24. The number of hydrogen-bond acceptors (Lipinski definition) is 5. The van der Waals surface area contributed by atoms with Crippen LogP contribution in [-0.2, 0) is 14.8 Å². The van der Waals surface area contributed by atoms with Gasteiger partial charge in [-0.25, -0.2) is 17.5 Å². The summed E-state index contributed by atoms with van der Waals surface area (Å²) >= 11 is 5.92. The number of halogens is 2. The van der Waals surface area contributed by atoms with Gasteiger partial charge in [0, 0.05) is 24.7 Å². The number of carbonyl (C=O) groups is 1. The molecule has 0 aliphatic heterocycles. The summed E-state index contributed by atoms with van der Waals surface area (Å²) in [4.78, 5) is 11.5. The summed E-state index contributed by atoms with van der Waals surface area (Å²) in [6, 6.07) is 3.84. The van der Waals surface area contributed by atoms with Gasteiger partial charge in [0.15, 0.2) is 0 Å². The molecule has 0 aliphatic carbocycles. The summed E-state index contributed by atoms with van der Waals surface area (Å²) in [6.45, 7) is 4.25. The summed E-state index contributed by atoms with van der Waals surface area (Å²) in [5.41, 5.74) is 6.04. The Labute approximate surface area is 154 Å². The fourth-order valence-electron chi connectivity index (χ4n) is 1.91. The first-order valence-corrected chi connectivity index (χ1v) is 9.02. The van der Waals surface area contributed by atoms with Gasteiger partial charge in [0.1, 0.15) is 0 Å². The normalized spacial score (nSPS) is 12.8. The highest BCUT2D eigenvalue weighted by Crippen LogP contribution is 2.22. The predicted octanol–water partition coefficient (Wildman–Crippen LogP) is 2.54. The minimum atomic E-state index is -3.76. The molecule has 1 aromatic carbocycles. The molecule has 1 unspecified atom stereocenters. The lowest BCUT2D eigenvalue weighted by molar-refractivity contribution is 0.0600. The smallest absolute Gasteiger partial charge is 0.337 e. The van der Waals surface area contributed by atoms with Crippen LogP contribution in [0, 0.1) is 5.92 Å². The van der Waals surface area contributed by atoms with Crippen molar-refractivity contribution in [3.8, 4) is 0 Å². The average molecular weight is 399 g/mol. The maximum absolute atomic E-state index is 12.6. The molecule has 24 heavy (non-hydrogen) atoms. The fourth-order valence-corrected chi connectivity index (χ4v) is 3.47. The molecule has 1 aromatic rings. The lowest BCUT2D eigenvalue weighted by Crippen LogP contribution is -2.34. The number of sulfonamides is 1. The first-order chi connectivity index (χ1) is 10.6. The number of hydrogen-bond donors (Lipinski definition) is 1. The van der Waals surface area contributed by atoms with Gasteiger partial charge in [-0.05, 0) is 30.5 Å². The quantitative estimate of drug-likeness (QED) is 0.712. The molecule has 9 heteroatoms. The van der Waals surface area contributed by atoms with Gasteiger partial charge >= 0.3 is 5.97 Å². The Bertz CT molecular complexity index is 665. The van der Waals surface area contributed by atoms with Crippen molar-refractivity contribution in [2.45, 2.75) is 31.2 Å². The molecule has 0 amide bonds. The molecule has 138 valence electrons. The van der Waals surface area contributed by atoms with Crippen molar-refractivity contribution >= 4 is 40.0 Å². The van der Waals surface area contributed by atoms with E-state index in [0.29, 0.717) is 6.42 Å². The number of methoxy groups -OCH3 is 1. The number of esters is 1. The van der Waals surface area contributed by atoms with Gasteiger partial charge in [-0.3, -0.25) is 0 Å². The highest BCUT2D eigenvalue weighted by atomic mass is 35.5. The number of nitrogens with two attached hydrogens (primary N) is 1. The van der Waals surface area contributed by atoms with Crippen molar-refractivity contribution in [2.24, 2.45) is 11.7 Å². The van der Waals surface area contributed by atoms with Gasteiger partial charge in [0.25, 0.3) is 0 Å². The van der Waals surface area contributed by atoms with Crippen molar-refractivity contribution in [3.05, 3.63) is 28.8 Å². The van der Waals surface area contributed by atoms with Crippen LogP contribution in [0.5, 0.6) is 0 Å². The van der Waals surface area contributed by atoms with Gasteiger partial charge in [0.05, 0.1) is 17.6 Å². The van der Waals surface area contributed by atoms with Crippen LogP contribution >= 0.6 is 24.0 Å². The zero-order valence-electron chi connectivity index (χ0n) is 14.2. The molecule has 0 radical (unpaired) electrons. The lowest BCUT2D eigenvalue weighted by Gasteiger charge is -2.21. The standard InChI is InChI=1S/C15H23ClN2O4S.ClH/c1-10(2)14(17)5-6-18(3)23(20,21)13-8-11(15(19)22-4)7-12(16)9-13;/h7-10,14H,5-6,17H2,1-4H3;1H. The monoisotopic (exact) mass is 398 g/mol. The second kappa shape index (κ2) is 9.58. The Hall–Kier alpha value is -0.860. The minimum Gasteiger partial charge on any atom is -0.465 e. The Morgan fingerprint density at radius 2 is 1.92 bits per heavy atom. The van der Waals surface area contributed by atoms with Crippen molar-refractivity contribution in [3.63, 3.8) is 0 Å². The third-order valence-electron chi connectivity index (χ3n) is 3.63. The molecule has 2 N–H and O–H groups in total. The molecule has 0 saturated heterocycles. The largest absolute Gasteiger partial charge is 0.465 e. The van der Waals surface area contributed by atoms with Crippen molar-refractivity contribution in [1.82, 2.24) is 4.31 Å². The van der Waals surface area contributed by atoms with Gasteiger partial charge in [-0.15, -0.1) is 12.4 Å². The SMILES string of the molecule is COC(=O)c1cc(Cl)cc(S(=O)(=O)N(C)CCC(N)C(C)C)c1.Cl. The number of rotatable bonds is 7. The molecule has 1 rings (SSSR count). The van der Waals surface area contributed by atoms with Gasteiger partial charge in [0.2, 0.25) is 10.0 Å². The highest BCUT2D eigenvalue weighted by Gasteiger charge is 2.24. The molecule has 0 aromatic heterocycles. The Balaban J connectivity index is 0.00000529. The van der Waals surface area contributed by atoms with Crippen LogP contribution in [0.4, 0.5) is 0 Å². The first-order valence-electron chi connectivity index (χ1n) is 7.20. The molecule has 6 nitrogen and oxygen atoms in total. The molecule has 0 heterocycles. The zero-order valence-corrected chi connectivity index (χ0v) is 16.5. The van der Waals surface area contributed by atoms with E-state index < -0.39 is 16.0 Å². The van der Waals surface area contributed by atoms with Crippen LogP contribution < -0.4 is 5.73 Å². The van der Waals surface area contributed by atoms with E-state index in [1.54, 1.807) is 0 Å².